The molecule has 0 aliphatic carbocycles. The zero-order valence-corrected chi connectivity index (χ0v) is 10.00. The zero-order valence-electron chi connectivity index (χ0n) is 10.00. The van der Waals surface area contributed by atoms with E-state index in [9.17, 15) is 0 Å². The number of aliphatic imine (C=N–C) groups is 1. The second-order valence-corrected chi connectivity index (χ2v) is 3.68. The van der Waals surface area contributed by atoms with Crippen molar-refractivity contribution < 1.29 is 4.74 Å². The molecular weight excluding hydrogens is 214 g/mol. The van der Waals surface area contributed by atoms with Gasteiger partial charge >= 0.3 is 0 Å². The smallest absolute Gasteiger partial charge is 0.150 e. The van der Waals surface area contributed by atoms with E-state index in [1.54, 1.807) is 19.5 Å². The molecule has 1 aromatic carbocycles. The van der Waals surface area contributed by atoms with Crippen LogP contribution in [0.15, 0.2) is 41.7 Å². The SMILES string of the molecule is COc1ccccc1C/N=C\c1nccn1C. The largest absolute Gasteiger partial charge is 0.496 e. The highest BCUT2D eigenvalue weighted by Gasteiger charge is 1.99. The van der Waals surface area contributed by atoms with Crippen LogP contribution in [-0.2, 0) is 13.6 Å². The zero-order chi connectivity index (χ0) is 12.1. The number of hydrogen-bond donors (Lipinski definition) is 0. The number of imidazole rings is 1. The van der Waals surface area contributed by atoms with Crippen LogP contribution < -0.4 is 4.74 Å². The summed E-state index contributed by atoms with van der Waals surface area (Å²) in [6.45, 7) is 0.594. The Bertz CT molecular complexity index is 517. The molecule has 88 valence electrons. The number of ether oxygens (including phenoxy) is 1. The molecule has 0 atom stereocenters. The lowest BCUT2D eigenvalue weighted by molar-refractivity contribution is 0.410. The number of rotatable bonds is 4. The van der Waals surface area contributed by atoms with Gasteiger partial charge in [0, 0.05) is 25.0 Å². The predicted molar refractivity (Wildman–Crippen MR) is 67.5 cm³/mol. The summed E-state index contributed by atoms with van der Waals surface area (Å²) in [5.74, 6) is 1.71. The molecule has 0 aliphatic heterocycles. The number of hydrogen-bond acceptors (Lipinski definition) is 3. The van der Waals surface area contributed by atoms with E-state index < -0.39 is 0 Å². The maximum atomic E-state index is 5.26. The second kappa shape index (κ2) is 5.30. The molecule has 0 N–H and O–H groups in total. The molecule has 0 amide bonds. The molecule has 2 rings (SSSR count). The van der Waals surface area contributed by atoms with E-state index in [0.29, 0.717) is 6.54 Å². The first-order valence-electron chi connectivity index (χ1n) is 5.40. The van der Waals surface area contributed by atoms with Crippen molar-refractivity contribution in [3.8, 4) is 5.75 Å². The van der Waals surface area contributed by atoms with E-state index in [1.165, 1.54) is 0 Å². The van der Waals surface area contributed by atoms with Crippen LogP contribution in [0.3, 0.4) is 0 Å². The van der Waals surface area contributed by atoms with Crippen molar-refractivity contribution in [2.24, 2.45) is 12.0 Å². The lowest BCUT2D eigenvalue weighted by atomic mass is 10.2. The Kier molecular flexibility index (Phi) is 3.55. The summed E-state index contributed by atoms with van der Waals surface area (Å²) < 4.78 is 7.18. The third-order valence-electron chi connectivity index (χ3n) is 2.52. The highest BCUT2D eigenvalue weighted by molar-refractivity contribution is 5.74. The highest BCUT2D eigenvalue weighted by Crippen LogP contribution is 2.17. The molecule has 1 aromatic heterocycles. The highest BCUT2D eigenvalue weighted by atomic mass is 16.5. The predicted octanol–water partition coefficient (Wildman–Crippen LogP) is 2.05. The third kappa shape index (κ3) is 2.72. The molecule has 0 radical (unpaired) electrons. The first kappa shape index (κ1) is 11.4. The van der Waals surface area contributed by atoms with Gasteiger partial charge in [0.25, 0.3) is 0 Å². The summed E-state index contributed by atoms with van der Waals surface area (Å²) in [5, 5.41) is 0. The normalized spacial score (nSPS) is 10.9. The van der Waals surface area contributed by atoms with E-state index in [4.69, 9.17) is 4.74 Å². The molecular formula is C13H15N3O. The number of methoxy groups -OCH3 is 1. The quantitative estimate of drug-likeness (QED) is 0.753. The van der Waals surface area contributed by atoms with E-state index in [2.05, 4.69) is 9.98 Å². The van der Waals surface area contributed by atoms with Crippen LogP contribution >= 0.6 is 0 Å². The lowest BCUT2D eigenvalue weighted by Gasteiger charge is -2.04. The molecule has 0 saturated heterocycles. The minimum atomic E-state index is 0.594. The van der Waals surface area contributed by atoms with Crippen molar-refractivity contribution in [1.29, 1.82) is 0 Å². The minimum Gasteiger partial charge on any atom is -0.496 e. The van der Waals surface area contributed by atoms with Gasteiger partial charge in [-0.2, -0.15) is 0 Å². The van der Waals surface area contributed by atoms with Crippen molar-refractivity contribution >= 4 is 6.21 Å². The van der Waals surface area contributed by atoms with Gasteiger partial charge in [0.05, 0.1) is 19.9 Å². The molecule has 0 unspecified atom stereocenters. The average Bonchev–Trinajstić information content (AvgIpc) is 2.76. The Morgan fingerprint density at radius 1 is 1.41 bits per heavy atom. The summed E-state index contributed by atoms with van der Waals surface area (Å²) in [6.07, 6.45) is 5.42. The third-order valence-corrected chi connectivity index (χ3v) is 2.52. The monoisotopic (exact) mass is 229 g/mol. The average molecular weight is 229 g/mol. The molecule has 2 aromatic rings. The van der Waals surface area contributed by atoms with Crippen molar-refractivity contribution in [2.45, 2.75) is 6.54 Å². The van der Waals surface area contributed by atoms with E-state index in [-0.39, 0.29) is 0 Å². The number of aromatic nitrogens is 2. The fourth-order valence-electron chi connectivity index (χ4n) is 1.56. The topological polar surface area (TPSA) is 39.4 Å². The van der Waals surface area contributed by atoms with Crippen molar-refractivity contribution in [3.63, 3.8) is 0 Å². The van der Waals surface area contributed by atoms with Gasteiger partial charge in [-0.05, 0) is 6.07 Å². The number of aryl methyl sites for hydroxylation is 1. The molecule has 0 spiro atoms. The van der Waals surface area contributed by atoms with Crippen molar-refractivity contribution in [3.05, 3.63) is 48.0 Å². The second-order valence-electron chi connectivity index (χ2n) is 3.68. The first-order chi connectivity index (χ1) is 8.31. The Morgan fingerprint density at radius 2 is 2.24 bits per heavy atom. The number of para-hydroxylation sites is 1. The van der Waals surface area contributed by atoms with Crippen molar-refractivity contribution in [1.82, 2.24) is 9.55 Å². The first-order valence-corrected chi connectivity index (χ1v) is 5.40. The van der Waals surface area contributed by atoms with Crippen molar-refractivity contribution in [2.75, 3.05) is 7.11 Å². The molecule has 17 heavy (non-hydrogen) atoms. The summed E-state index contributed by atoms with van der Waals surface area (Å²) in [4.78, 5) is 8.54. The maximum absolute atomic E-state index is 5.26. The molecule has 4 heteroatoms. The summed E-state index contributed by atoms with van der Waals surface area (Å²) in [5.41, 5.74) is 1.07. The van der Waals surface area contributed by atoms with Gasteiger partial charge in [-0.25, -0.2) is 4.98 Å². The molecule has 0 saturated carbocycles. The molecule has 0 fully saturated rings. The van der Waals surface area contributed by atoms with Crippen LogP contribution in [0.25, 0.3) is 0 Å². The van der Waals surface area contributed by atoms with Crippen LogP contribution in [0.4, 0.5) is 0 Å². The number of nitrogens with zero attached hydrogens (tertiary/aromatic N) is 3. The van der Waals surface area contributed by atoms with Gasteiger partial charge in [-0.3, -0.25) is 4.99 Å². The molecule has 4 nitrogen and oxygen atoms in total. The Balaban J connectivity index is 2.07. The maximum Gasteiger partial charge on any atom is 0.150 e. The Hall–Kier alpha value is -2.10. The van der Waals surface area contributed by atoms with Gasteiger partial charge in [0.1, 0.15) is 11.6 Å². The van der Waals surface area contributed by atoms with E-state index in [1.807, 2.05) is 42.1 Å². The number of benzene rings is 1. The van der Waals surface area contributed by atoms with Gasteiger partial charge in [-0.1, -0.05) is 18.2 Å². The molecule has 0 aliphatic rings. The molecule has 0 bridgehead atoms. The Morgan fingerprint density at radius 3 is 2.94 bits per heavy atom. The fraction of sp³-hybridized carbons (Fsp3) is 0.231. The van der Waals surface area contributed by atoms with Gasteiger partial charge in [0.15, 0.2) is 0 Å². The van der Waals surface area contributed by atoms with Crippen LogP contribution in [0.1, 0.15) is 11.4 Å². The Labute approximate surface area is 101 Å². The van der Waals surface area contributed by atoms with E-state index in [0.717, 1.165) is 17.1 Å². The van der Waals surface area contributed by atoms with Crippen LogP contribution in [0, 0.1) is 0 Å². The van der Waals surface area contributed by atoms with Crippen LogP contribution in [0.2, 0.25) is 0 Å². The van der Waals surface area contributed by atoms with Gasteiger partial charge < -0.3 is 9.30 Å². The fourth-order valence-corrected chi connectivity index (χ4v) is 1.56. The lowest BCUT2D eigenvalue weighted by Crippen LogP contribution is -1.96. The van der Waals surface area contributed by atoms with Crippen LogP contribution in [-0.4, -0.2) is 22.9 Å². The van der Waals surface area contributed by atoms with E-state index >= 15 is 0 Å². The minimum absolute atomic E-state index is 0.594. The molecule has 1 heterocycles. The van der Waals surface area contributed by atoms with Gasteiger partial charge in [0.2, 0.25) is 0 Å². The summed E-state index contributed by atoms with van der Waals surface area (Å²) >= 11 is 0. The summed E-state index contributed by atoms with van der Waals surface area (Å²) in [7, 11) is 3.61. The summed E-state index contributed by atoms with van der Waals surface area (Å²) in [6, 6.07) is 7.87. The standard InChI is InChI=1S/C13H15N3O/c1-16-8-7-15-13(16)10-14-9-11-5-3-4-6-12(11)17-2/h3-8,10H,9H2,1-2H3/b14-10-. The van der Waals surface area contributed by atoms with Crippen LogP contribution in [0.5, 0.6) is 5.75 Å². The van der Waals surface area contributed by atoms with Gasteiger partial charge in [-0.15, -0.1) is 0 Å².